The van der Waals surface area contributed by atoms with Crippen molar-refractivity contribution in [3.63, 3.8) is 0 Å². The van der Waals surface area contributed by atoms with Crippen molar-refractivity contribution in [3.8, 4) is 0 Å². The number of hydrogen-bond acceptors (Lipinski definition) is 4. The maximum Gasteiger partial charge on any atom is 0.251 e. The minimum Gasteiger partial charge on any atom is -0.385 e. The van der Waals surface area contributed by atoms with E-state index in [0.29, 0.717) is 11.6 Å². The van der Waals surface area contributed by atoms with Crippen LogP contribution in [0.15, 0.2) is 54.6 Å². The first-order valence-corrected chi connectivity index (χ1v) is 11.1. The van der Waals surface area contributed by atoms with Gasteiger partial charge in [-0.15, -0.1) is 0 Å². The summed E-state index contributed by atoms with van der Waals surface area (Å²) < 4.78 is 0. The Hall–Kier alpha value is -2.70. The Morgan fingerprint density at radius 2 is 1.77 bits per heavy atom. The summed E-state index contributed by atoms with van der Waals surface area (Å²) in [4.78, 5) is 26.8. The van der Waals surface area contributed by atoms with Gasteiger partial charge in [-0.1, -0.05) is 48.0 Å². The molecule has 0 radical (unpaired) electrons. The molecule has 2 aromatic carbocycles. The van der Waals surface area contributed by atoms with Gasteiger partial charge in [0, 0.05) is 24.7 Å². The molecular formula is C25H31N3O3. The van der Waals surface area contributed by atoms with Crippen LogP contribution in [-0.2, 0) is 10.4 Å². The largest absolute Gasteiger partial charge is 0.385 e. The van der Waals surface area contributed by atoms with Crippen LogP contribution >= 0.6 is 0 Å². The molecule has 0 spiro atoms. The Morgan fingerprint density at radius 1 is 1.06 bits per heavy atom. The highest BCUT2D eigenvalue weighted by Crippen LogP contribution is 2.39. The summed E-state index contributed by atoms with van der Waals surface area (Å²) in [5.41, 5.74) is 1.87. The van der Waals surface area contributed by atoms with Crippen LogP contribution in [0.4, 0.5) is 0 Å². The van der Waals surface area contributed by atoms with Crippen LogP contribution in [0.2, 0.25) is 0 Å². The number of benzene rings is 2. The number of nitrogens with zero attached hydrogens (tertiary/aromatic N) is 1. The summed E-state index contributed by atoms with van der Waals surface area (Å²) in [7, 11) is 0. The first kappa shape index (κ1) is 21.5. The molecule has 6 heteroatoms. The van der Waals surface area contributed by atoms with Gasteiger partial charge in [-0.25, -0.2) is 0 Å². The maximum atomic E-state index is 12.2. The number of hydrogen-bond donors (Lipinski definition) is 3. The zero-order valence-electron chi connectivity index (χ0n) is 18.0. The van der Waals surface area contributed by atoms with Crippen molar-refractivity contribution in [3.05, 3.63) is 71.3 Å². The Labute approximate surface area is 183 Å². The van der Waals surface area contributed by atoms with Crippen molar-refractivity contribution >= 4 is 11.8 Å². The molecule has 6 nitrogen and oxygen atoms in total. The van der Waals surface area contributed by atoms with E-state index in [4.69, 9.17) is 0 Å². The van der Waals surface area contributed by atoms with Gasteiger partial charge in [0.1, 0.15) is 0 Å². The molecule has 3 N–H and O–H groups in total. The average Bonchev–Trinajstić information content (AvgIpc) is 2.76. The van der Waals surface area contributed by atoms with Crippen LogP contribution in [-0.4, -0.2) is 53.5 Å². The summed E-state index contributed by atoms with van der Waals surface area (Å²) in [6, 6.07) is 17.8. The molecule has 4 rings (SSSR count). The number of nitrogens with one attached hydrogen (secondary N) is 2. The van der Waals surface area contributed by atoms with Crippen molar-refractivity contribution in [2.45, 2.75) is 50.3 Å². The lowest BCUT2D eigenvalue weighted by Gasteiger charge is -2.48. The van der Waals surface area contributed by atoms with Crippen molar-refractivity contribution in [2.75, 3.05) is 19.6 Å². The van der Waals surface area contributed by atoms with Crippen LogP contribution in [0.3, 0.4) is 0 Å². The number of likely N-dealkylation sites (tertiary alicyclic amines) is 1. The van der Waals surface area contributed by atoms with Gasteiger partial charge in [-0.2, -0.15) is 0 Å². The summed E-state index contributed by atoms with van der Waals surface area (Å²) >= 11 is 0. The maximum absolute atomic E-state index is 12.2. The molecule has 164 valence electrons. The number of rotatable bonds is 6. The summed E-state index contributed by atoms with van der Waals surface area (Å²) in [5, 5.41) is 16.7. The van der Waals surface area contributed by atoms with E-state index in [1.54, 1.807) is 12.1 Å². The molecule has 1 aliphatic heterocycles. The monoisotopic (exact) mass is 421 g/mol. The number of carbonyl (C=O) groups excluding carboxylic acids is 2. The van der Waals surface area contributed by atoms with E-state index >= 15 is 0 Å². The molecule has 1 aliphatic carbocycles. The minimum absolute atomic E-state index is 0.0171. The fourth-order valence-electron chi connectivity index (χ4n) is 4.71. The quantitative estimate of drug-likeness (QED) is 0.669. The highest BCUT2D eigenvalue weighted by molar-refractivity contribution is 5.96. The van der Waals surface area contributed by atoms with Gasteiger partial charge in [0.05, 0.1) is 18.2 Å². The molecule has 0 bridgehead atoms. The van der Waals surface area contributed by atoms with Crippen molar-refractivity contribution < 1.29 is 14.7 Å². The Morgan fingerprint density at radius 3 is 2.45 bits per heavy atom. The first-order valence-electron chi connectivity index (χ1n) is 11.1. The van der Waals surface area contributed by atoms with E-state index < -0.39 is 5.60 Å². The second-order valence-electron chi connectivity index (χ2n) is 8.90. The van der Waals surface area contributed by atoms with Crippen LogP contribution in [0.25, 0.3) is 0 Å². The predicted octanol–water partition coefficient (Wildman–Crippen LogP) is 2.36. The highest BCUT2D eigenvalue weighted by Gasteiger charge is 2.40. The lowest BCUT2D eigenvalue weighted by atomic mass is 9.76. The summed E-state index contributed by atoms with van der Waals surface area (Å²) in [6.07, 6.45) is 3.44. The topological polar surface area (TPSA) is 81.7 Å². The fourth-order valence-corrected chi connectivity index (χ4v) is 4.71. The first-order chi connectivity index (χ1) is 14.9. The van der Waals surface area contributed by atoms with E-state index in [1.165, 1.54) is 0 Å². The third-order valence-corrected chi connectivity index (χ3v) is 6.57. The van der Waals surface area contributed by atoms with Crippen molar-refractivity contribution in [1.82, 2.24) is 15.5 Å². The summed E-state index contributed by atoms with van der Waals surface area (Å²) in [5.74, 6) is -0.394. The SMILES string of the molecule is Cc1cccc(C(=O)NCC(=O)NC2CN([C@H]3CC[C@@](O)(c4ccccc4)CC3)C2)c1. The molecule has 1 saturated carbocycles. The standard InChI is InChI=1S/C25H31N3O3/c1-18-6-5-7-19(14-18)24(30)26-15-23(29)27-21-16-28(17-21)22-10-12-25(31,13-11-22)20-8-3-2-4-9-20/h2-9,14,21-22,31H,10-13,15-17H2,1H3,(H,26,30)(H,27,29)/t22-,25-. The molecular weight excluding hydrogens is 390 g/mol. The van der Waals surface area contributed by atoms with E-state index in [9.17, 15) is 14.7 Å². The van der Waals surface area contributed by atoms with Crippen molar-refractivity contribution in [2.24, 2.45) is 0 Å². The minimum atomic E-state index is -0.717. The lowest BCUT2D eigenvalue weighted by molar-refractivity contribution is -0.122. The zero-order valence-corrected chi connectivity index (χ0v) is 18.0. The Bertz CT molecular complexity index is 917. The van der Waals surface area contributed by atoms with Gasteiger partial charge >= 0.3 is 0 Å². The van der Waals surface area contributed by atoms with Gasteiger partial charge < -0.3 is 15.7 Å². The van der Waals surface area contributed by atoms with Crippen LogP contribution in [0, 0.1) is 6.92 Å². The Balaban J connectivity index is 1.16. The van der Waals surface area contributed by atoms with E-state index in [2.05, 4.69) is 15.5 Å². The van der Waals surface area contributed by atoms with Crippen LogP contribution in [0.5, 0.6) is 0 Å². The fraction of sp³-hybridized carbons (Fsp3) is 0.440. The van der Waals surface area contributed by atoms with E-state index in [0.717, 1.165) is 49.9 Å². The third-order valence-electron chi connectivity index (χ3n) is 6.57. The lowest BCUT2D eigenvalue weighted by Crippen LogP contribution is -2.63. The van der Waals surface area contributed by atoms with E-state index in [1.807, 2.05) is 49.4 Å². The predicted molar refractivity (Wildman–Crippen MR) is 120 cm³/mol. The smallest absolute Gasteiger partial charge is 0.251 e. The normalized spacial score (nSPS) is 24.3. The number of aliphatic hydroxyl groups is 1. The second-order valence-corrected chi connectivity index (χ2v) is 8.90. The molecule has 1 heterocycles. The second kappa shape index (κ2) is 9.20. The Kier molecular flexibility index (Phi) is 6.39. The molecule has 2 aliphatic rings. The summed E-state index contributed by atoms with van der Waals surface area (Å²) in [6.45, 7) is 3.56. The molecule has 1 saturated heterocycles. The van der Waals surface area contributed by atoms with Gasteiger partial charge in [0.25, 0.3) is 5.91 Å². The average molecular weight is 422 g/mol. The molecule has 2 aromatic rings. The molecule has 2 amide bonds. The number of aryl methyl sites for hydroxylation is 1. The highest BCUT2D eigenvalue weighted by atomic mass is 16.3. The van der Waals surface area contributed by atoms with Gasteiger partial charge in [0.2, 0.25) is 5.91 Å². The third kappa shape index (κ3) is 5.14. The van der Waals surface area contributed by atoms with E-state index in [-0.39, 0.29) is 24.4 Å². The van der Waals surface area contributed by atoms with Crippen LogP contribution in [0.1, 0.15) is 47.2 Å². The molecule has 0 unspecified atom stereocenters. The van der Waals surface area contributed by atoms with Gasteiger partial charge in [-0.05, 0) is 50.3 Å². The molecule has 0 atom stereocenters. The van der Waals surface area contributed by atoms with Gasteiger partial charge in [0.15, 0.2) is 0 Å². The van der Waals surface area contributed by atoms with Gasteiger partial charge in [-0.3, -0.25) is 14.5 Å². The molecule has 2 fully saturated rings. The van der Waals surface area contributed by atoms with Crippen LogP contribution < -0.4 is 10.6 Å². The number of carbonyl (C=O) groups is 2. The molecule has 31 heavy (non-hydrogen) atoms. The molecule has 0 aromatic heterocycles. The van der Waals surface area contributed by atoms with Crippen molar-refractivity contribution in [1.29, 1.82) is 0 Å². The zero-order chi connectivity index (χ0) is 21.8. The number of amides is 2.